The number of benzene rings is 3. The molecule has 3 aromatic carbocycles. The van der Waals surface area contributed by atoms with Gasteiger partial charge < -0.3 is 0 Å². The van der Waals surface area contributed by atoms with Crippen molar-refractivity contribution in [2.45, 2.75) is 24.8 Å². The summed E-state index contributed by atoms with van der Waals surface area (Å²) in [4.78, 5) is 0.270. The van der Waals surface area contributed by atoms with Gasteiger partial charge in [-0.05, 0) is 37.1 Å². The van der Waals surface area contributed by atoms with Crippen LogP contribution in [0.4, 0.5) is 0 Å². The van der Waals surface area contributed by atoms with E-state index in [2.05, 4.69) is 4.72 Å². The lowest BCUT2D eigenvalue weighted by atomic mass is 9.99. The zero-order valence-electron chi connectivity index (χ0n) is 14.3. The molecule has 3 rings (SSSR count). The van der Waals surface area contributed by atoms with Gasteiger partial charge in [-0.3, -0.25) is 0 Å². The topological polar surface area (TPSA) is 46.2 Å². The van der Waals surface area contributed by atoms with Crippen LogP contribution in [0, 0.1) is 13.8 Å². The first-order chi connectivity index (χ1) is 12.0. The second-order valence-electron chi connectivity index (χ2n) is 6.19. The molecule has 0 saturated carbocycles. The monoisotopic (exact) mass is 351 g/mol. The van der Waals surface area contributed by atoms with Crippen molar-refractivity contribution in [3.63, 3.8) is 0 Å². The molecular formula is C21H21NO2S. The Balaban J connectivity index is 2.00. The Morgan fingerprint density at radius 3 is 1.72 bits per heavy atom. The zero-order valence-corrected chi connectivity index (χ0v) is 15.1. The third kappa shape index (κ3) is 4.16. The standard InChI is InChI=1S/C21H21NO2S/c1-16-8-12-19(13-9-16)21(18-6-4-3-5-7-18)22-25(23,24)20-14-10-17(2)11-15-20/h3-15,21-22H,1-2H3/t21-/m0/s1. The lowest BCUT2D eigenvalue weighted by Gasteiger charge is -2.20. The number of sulfonamides is 1. The Bertz CT molecular complexity index is 931. The summed E-state index contributed by atoms with van der Waals surface area (Å²) in [7, 11) is -3.63. The van der Waals surface area contributed by atoms with Gasteiger partial charge in [-0.1, -0.05) is 77.9 Å². The molecule has 0 fully saturated rings. The van der Waals surface area contributed by atoms with Crippen molar-refractivity contribution >= 4 is 10.0 Å². The van der Waals surface area contributed by atoms with Gasteiger partial charge in [0, 0.05) is 0 Å². The van der Waals surface area contributed by atoms with Crippen molar-refractivity contribution in [2.75, 3.05) is 0 Å². The fourth-order valence-electron chi connectivity index (χ4n) is 2.67. The van der Waals surface area contributed by atoms with E-state index in [0.717, 1.165) is 22.3 Å². The molecule has 0 spiro atoms. The zero-order chi connectivity index (χ0) is 17.9. The molecule has 0 bridgehead atoms. The second kappa shape index (κ2) is 7.21. The van der Waals surface area contributed by atoms with Crippen LogP contribution in [0.5, 0.6) is 0 Å². The van der Waals surface area contributed by atoms with E-state index in [-0.39, 0.29) is 4.90 Å². The van der Waals surface area contributed by atoms with E-state index < -0.39 is 16.1 Å². The Hall–Kier alpha value is -2.43. The van der Waals surface area contributed by atoms with E-state index in [1.807, 2.05) is 68.4 Å². The molecule has 0 radical (unpaired) electrons. The quantitative estimate of drug-likeness (QED) is 0.742. The summed E-state index contributed by atoms with van der Waals surface area (Å²) in [5.41, 5.74) is 3.98. The third-order valence-electron chi connectivity index (χ3n) is 4.15. The highest BCUT2D eigenvalue weighted by Gasteiger charge is 2.22. The first-order valence-corrected chi connectivity index (χ1v) is 9.64. The molecule has 128 valence electrons. The Labute approximate surface area is 149 Å². The summed E-state index contributed by atoms with van der Waals surface area (Å²) in [5, 5.41) is 0. The van der Waals surface area contributed by atoms with Gasteiger partial charge in [0.05, 0.1) is 10.9 Å². The maximum atomic E-state index is 12.9. The van der Waals surface area contributed by atoms with E-state index in [0.29, 0.717) is 0 Å². The summed E-state index contributed by atoms with van der Waals surface area (Å²) < 4.78 is 28.6. The van der Waals surface area contributed by atoms with Gasteiger partial charge in [-0.25, -0.2) is 8.42 Å². The lowest BCUT2D eigenvalue weighted by Crippen LogP contribution is -2.29. The molecule has 0 saturated heterocycles. The molecule has 0 unspecified atom stereocenters. The van der Waals surface area contributed by atoms with E-state index in [1.165, 1.54) is 0 Å². The lowest BCUT2D eigenvalue weighted by molar-refractivity contribution is 0.572. The summed E-state index contributed by atoms with van der Waals surface area (Å²) in [6, 6.07) is 24.0. The average molecular weight is 351 g/mol. The van der Waals surface area contributed by atoms with Crippen LogP contribution in [-0.4, -0.2) is 8.42 Å². The molecule has 0 aromatic heterocycles. The van der Waals surface area contributed by atoms with Crippen molar-refractivity contribution in [1.82, 2.24) is 4.72 Å². The molecular weight excluding hydrogens is 330 g/mol. The molecule has 0 heterocycles. The van der Waals surface area contributed by atoms with E-state index in [1.54, 1.807) is 24.3 Å². The largest absolute Gasteiger partial charge is 0.241 e. The van der Waals surface area contributed by atoms with E-state index in [4.69, 9.17) is 0 Å². The number of hydrogen-bond acceptors (Lipinski definition) is 2. The smallest absolute Gasteiger partial charge is 0.207 e. The molecule has 3 aromatic rings. The number of nitrogens with one attached hydrogen (secondary N) is 1. The normalized spacial score (nSPS) is 12.7. The Kier molecular flexibility index (Phi) is 5.02. The SMILES string of the molecule is Cc1ccc([C@@H](NS(=O)(=O)c2ccc(C)cc2)c2ccccc2)cc1. The summed E-state index contributed by atoms with van der Waals surface area (Å²) >= 11 is 0. The van der Waals surface area contributed by atoms with Gasteiger partial charge in [0.15, 0.2) is 0 Å². The van der Waals surface area contributed by atoms with Crippen molar-refractivity contribution < 1.29 is 8.42 Å². The molecule has 1 N–H and O–H groups in total. The summed E-state index contributed by atoms with van der Waals surface area (Å²) in [6.45, 7) is 3.95. The predicted octanol–water partition coefficient (Wildman–Crippen LogP) is 4.37. The van der Waals surface area contributed by atoms with Crippen LogP contribution in [0.2, 0.25) is 0 Å². The maximum Gasteiger partial charge on any atom is 0.241 e. The molecule has 4 heteroatoms. The Morgan fingerprint density at radius 2 is 1.16 bits per heavy atom. The fourth-order valence-corrected chi connectivity index (χ4v) is 3.89. The van der Waals surface area contributed by atoms with Gasteiger partial charge >= 0.3 is 0 Å². The van der Waals surface area contributed by atoms with Crippen LogP contribution < -0.4 is 4.72 Å². The fraction of sp³-hybridized carbons (Fsp3) is 0.143. The van der Waals surface area contributed by atoms with Crippen molar-refractivity contribution in [3.05, 3.63) is 101 Å². The number of rotatable bonds is 5. The molecule has 0 aliphatic carbocycles. The maximum absolute atomic E-state index is 12.9. The van der Waals surface area contributed by atoms with E-state index >= 15 is 0 Å². The first kappa shape index (κ1) is 17.4. The highest BCUT2D eigenvalue weighted by molar-refractivity contribution is 7.89. The van der Waals surface area contributed by atoms with Crippen LogP contribution in [0.25, 0.3) is 0 Å². The van der Waals surface area contributed by atoms with Gasteiger partial charge in [0.1, 0.15) is 0 Å². The average Bonchev–Trinajstić information content (AvgIpc) is 2.62. The van der Waals surface area contributed by atoms with Crippen molar-refractivity contribution in [2.24, 2.45) is 0 Å². The van der Waals surface area contributed by atoms with Crippen molar-refractivity contribution in [3.8, 4) is 0 Å². The highest BCUT2D eigenvalue weighted by atomic mass is 32.2. The van der Waals surface area contributed by atoms with Crippen LogP contribution >= 0.6 is 0 Å². The molecule has 0 aliphatic rings. The van der Waals surface area contributed by atoms with Gasteiger partial charge in [0.2, 0.25) is 10.0 Å². The minimum Gasteiger partial charge on any atom is -0.207 e. The van der Waals surface area contributed by atoms with Gasteiger partial charge in [-0.2, -0.15) is 4.72 Å². The number of aryl methyl sites for hydroxylation is 2. The summed E-state index contributed by atoms with van der Waals surface area (Å²) in [5.74, 6) is 0. The molecule has 0 amide bonds. The predicted molar refractivity (Wildman–Crippen MR) is 101 cm³/mol. The van der Waals surface area contributed by atoms with Gasteiger partial charge in [-0.15, -0.1) is 0 Å². The molecule has 0 aliphatic heterocycles. The summed E-state index contributed by atoms with van der Waals surface area (Å²) in [6.07, 6.45) is 0. The van der Waals surface area contributed by atoms with Gasteiger partial charge in [0.25, 0.3) is 0 Å². The highest BCUT2D eigenvalue weighted by Crippen LogP contribution is 2.25. The first-order valence-electron chi connectivity index (χ1n) is 8.16. The number of hydrogen-bond donors (Lipinski definition) is 1. The molecule has 25 heavy (non-hydrogen) atoms. The van der Waals surface area contributed by atoms with Crippen LogP contribution in [-0.2, 0) is 10.0 Å². The molecule has 3 nitrogen and oxygen atoms in total. The van der Waals surface area contributed by atoms with Crippen LogP contribution in [0.3, 0.4) is 0 Å². The third-order valence-corrected chi connectivity index (χ3v) is 5.59. The minimum atomic E-state index is -3.63. The van der Waals surface area contributed by atoms with Crippen LogP contribution in [0.1, 0.15) is 28.3 Å². The minimum absolute atomic E-state index is 0.270. The van der Waals surface area contributed by atoms with E-state index in [9.17, 15) is 8.42 Å². The molecule has 1 atom stereocenters. The Morgan fingerprint density at radius 1 is 0.680 bits per heavy atom. The second-order valence-corrected chi connectivity index (χ2v) is 7.90. The van der Waals surface area contributed by atoms with Crippen LogP contribution in [0.15, 0.2) is 83.8 Å². The van der Waals surface area contributed by atoms with Crippen molar-refractivity contribution in [1.29, 1.82) is 0 Å².